The predicted octanol–water partition coefficient (Wildman–Crippen LogP) is 3.28. The number of guanidine groups is 1. The SMILES string of the molecule is CCNC(=NCCc1cn2cccc(C)c2n1)N(C)Cc1ccccc1. The maximum atomic E-state index is 4.78. The minimum absolute atomic E-state index is 0.713. The van der Waals surface area contributed by atoms with Crippen LogP contribution in [-0.4, -0.2) is 40.4 Å². The molecule has 3 rings (SSSR count). The molecule has 0 unspecified atom stereocenters. The van der Waals surface area contributed by atoms with Gasteiger partial charge in [0.2, 0.25) is 0 Å². The van der Waals surface area contributed by atoms with E-state index in [0.29, 0.717) is 6.54 Å². The molecule has 5 nitrogen and oxygen atoms in total. The molecule has 0 radical (unpaired) electrons. The Kier molecular flexibility index (Phi) is 5.89. The molecule has 136 valence electrons. The van der Waals surface area contributed by atoms with Crippen LogP contribution in [0.3, 0.4) is 0 Å². The van der Waals surface area contributed by atoms with Gasteiger partial charge in [0, 0.05) is 45.5 Å². The molecule has 0 atom stereocenters. The second-order valence-electron chi connectivity index (χ2n) is 6.48. The van der Waals surface area contributed by atoms with E-state index in [1.807, 2.05) is 18.3 Å². The fraction of sp³-hybridized carbons (Fsp3) is 0.333. The first-order chi connectivity index (χ1) is 12.7. The van der Waals surface area contributed by atoms with E-state index < -0.39 is 0 Å². The number of nitrogens with zero attached hydrogens (tertiary/aromatic N) is 4. The van der Waals surface area contributed by atoms with E-state index in [1.165, 1.54) is 11.1 Å². The van der Waals surface area contributed by atoms with E-state index in [-0.39, 0.29) is 0 Å². The zero-order valence-electron chi connectivity index (χ0n) is 15.8. The summed E-state index contributed by atoms with van der Waals surface area (Å²) in [5, 5.41) is 3.37. The summed E-state index contributed by atoms with van der Waals surface area (Å²) < 4.78 is 2.08. The summed E-state index contributed by atoms with van der Waals surface area (Å²) in [4.78, 5) is 11.7. The Morgan fingerprint density at radius 1 is 1.19 bits per heavy atom. The third-order valence-electron chi connectivity index (χ3n) is 4.32. The van der Waals surface area contributed by atoms with Crippen molar-refractivity contribution in [1.29, 1.82) is 0 Å². The molecule has 2 heterocycles. The van der Waals surface area contributed by atoms with Crippen molar-refractivity contribution in [3.05, 3.63) is 71.7 Å². The average molecular weight is 349 g/mol. The minimum Gasteiger partial charge on any atom is -0.357 e. The quantitative estimate of drug-likeness (QED) is 0.549. The lowest BCUT2D eigenvalue weighted by Gasteiger charge is -2.22. The average Bonchev–Trinajstić information content (AvgIpc) is 3.06. The summed E-state index contributed by atoms with van der Waals surface area (Å²) >= 11 is 0. The molecule has 0 aliphatic heterocycles. The van der Waals surface area contributed by atoms with Gasteiger partial charge in [0.1, 0.15) is 5.65 Å². The van der Waals surface area contributed by atoms with Crippen LogP contribution in [-0.2, 0) is 13.0 Å². The van der Waals surface area contributed by atoms with Crippen LogP contribution in [0.1, 0.15) is 23.7 Å². The standard InChI is InChI=1S/C21H27N5/c1-4-22-21(25(3)15-18-10-6-5-7-11-18)23-13-12-19-16-26-14-8-9-17(2)20(26)24-19/h5-11,14,16H,4,12-13,15H2,1-3H3,(H,22,23). The van der Waals surface area contributed by atoms with Crippen molar-refractivity contribution >= 4 is 11.6 Å². The molecule has 26 heavy (non-hydrogen) atoms. The molecule has 0 bridgehead atoms. The van der Waals surface area contributed by atoms with E-state index in [9.17, 15) is 0 Å². The Morgan fingerprint density at radius 2 is 2.00 bits per heavy atom. The number of hydrogen-bond acceptors (Lipinski definition) is 2. The number of nitrogens with one attached hydrogen (secondary N) is 1. The highest BCUT2D eigenvalue weighted by Crippen LogP contribution is 2.10. The van der Waals surface area contributed by atoms with Gasteiger partial charge < -0.3 is 14.6 Å². The van der Waals surface area contributed by atoms with Crippen molar-refractivity contribution in [3.63, 3.8) is 0 Å². The van der Waals surface area contributed by atoms with Crippen LogP contribution in [0.2, 0.25) is 0 Å². The van der Waals surface area contributed by atoms with Crippen LogP contribution in [0.5, 0.6) is 0 Å². The van der Waals surface area contributed by atoms with Gasteiger partial charge in [-0.1, -0.05) is 36.4 Å². The number of imidazole rings is 1. The Labute approximate surface area is 155 Å². The van der Waals surface area contributed by atoms with Gasteiger partial charge in [-0.05, 0) is 31.0 Å². The maximum Gasteiger partial charge on any atom is 0.193 e. The molecule has 0 amide bonds. The molecule has 0 fully saturated rings. The lowest BCUT2D eigenvalue weighted by molar-refractivity contribution is 0.477. The van der Waals surface area contributed by atoms with E-state index in [2.05, 4.69) is 72.0 Å². The fourth-order valence-electron chi connectivity index (χ4n) is 3.00. The smallest absolute Gasteiger partial charge is 0.193 e. The number of aromatic nitrogens is 2. The van der Waals surface area contributed by atoms with Crippen LogP contribution in [0.4, 0.5) is 0 Å². The van der Waals surface area contributed by atoms with Gasteiger partial charge in [-0.2, -0.15) is 0 Å². The van der Waals surface area contributed by atoms with Crippen molar-refractivity contribution < 1.29 is 0 Å². The first-order valence-corrected chi connectivity index (χ1v) is 9.14. The zero-order valence-corrected chi connectivity index (χ0v) is 15.8. The Balaban J connectivity index is 1.65. The van der Waals surface area contributed by atoms with E-state index in [1.54, 1.807) is 0 Å². The second-order valence-corrected chi connectivity index (χ2v) is 6.48. The molecule has 0 saturated carbocycles. The fourth-order valence-corrected chi connectivity index (χ4v) is 3.00. The Morgan fingerprint density at radius 3 is 2.73 bits per heavy atom. The monoisotopic (exact) mass is 349 g/mol. The lowest BCUT2D eigenvalue weighted by Crippen LogP contribution is -2.38. The molecule has 1 N–H and O–H groups in total. The summed E-state index contributed by atoms with van der Waals surface area (Å²) in [5.74, 6) is 0.927. The summed E-state index contributed by atoms with van der Waals surface area (Å²) in [6.45, 7) is 6.58. The predicted molar refractivity (Wildman–Crippen MR) is 108 cm³/mol. The summed E-state index contributed by atoms with van der Waals surface area (Å²) in [5.41, 5.74) is 4.57. The molecule has 0 aliphatic rings. The molecule has 0 spiro atoms. The van der Waals surface area contributed by atoms with E-state index in [4.69, 9.17) is 9.98 Å². The van der Waals surface area contributed by atoms with Crippen LogP contribution in [0.25, 0.3) is 5.65 Å². The van der Waals surface area contributed by atoms with Crippen LogP contribution in [0.15, 0.2) is 59.9 Å². The molecule has 0 saturated heterocycles. The molecule has 0 aliphatic carbocycles. The Hall–Kier alpha value is -2.82. The number of fused-ring (bicyclic) bond motifs is 1. The number of aryl methyl sites for hydroxylation is 1. The summed E-state index contributed by atoms with van der Waals surface area (Å²) in [6, 6.07) is 14.6. The normalized spacial score (nSPS) is 11.7. The van der Waals surface area contributed by atoms with Crippen molar-refractivity contribution in [3.8, 4) is 0 Å². The van der Waals surface area contributed by atoms with Crippen LogP contribution in [0, 0.1) is 6.92 Å². The van der Waals surface area contributed by atoms with Gasteiger partial charge in [0.25, 0.3) is 0 Å². The highest BCUT2D eigenvalue weighted by Gasteiger charge is 2.07. The van der Waals surface area contributed by atoms with Crippen molar-refractivity contribution in [2.45, 2.75) is 26.8 Å². The number of benzene rings is 1. The molecular formula is C21H27N5. The van der Waals surface area contributed by atoms with Crippen molar-refractivity contribution in [1.82, 2.24) is 19.6 Å². The van der Waals surface area contributed by atoms with Crippen molar-refractivity contribution in [2.75, 3.05) is 20.1 Å². The van der Waals surface area contributed by atoms with Crippen molar-refractivity contribution in [2.24, 2.45) is 4.99 Å². The minimum atomic E-state index is 0.713. The zero-order chi connectivity index (χ0) is 18.4. The summed E-state index contributed by atoms with van der Waals surface area (Å²) in [7, 11) is 2.07. The molecular weight excluding hydrogens is 322 g/mol. The largest absolute Gasteiger partial charge is 0.357 e. The third kappa shape index (κ3) is 4.42. The first-order valence-electron chi connectivity index (χ1n) is 9.14. The molecule has 2 aromatic heterocycles. The summed E-state index contributed by atoms with van der Waals surface area (Å²) in [6.07, 6.45) is 4.97. The second kappa shape index (κ2) is 8.52. The van der Waals surface area contributed by atoms with E-state index in [0.717, 1.165) is 36.8 Å². The lowest BCUT2D eigenvalue weighted by atomic mass is 10.2. The van der Waals surface area contributed by atoms with Gasteiger partial charge in [0.05, 0.1) is 5.69 Å². The maximum absolute atomic E-state index is 4.78. The van der Waals surface area contributed by atoms with Crippen LogP contribution < -0.4 is 5.32 Å². The highest BCUT2D eigenvalue weighted by molar-refractivity contribution is 5.79. The number of rotatable bonds is 6. The highest BCUT2D eigenvalue weighted by atomic mass is 15.3. The van der Waals surface area contributed by atoms with Gasteiger partial charge in [0.15, 0.2) is 5.96 Å². The molecule has 3 aromatic rings. The van der Waals surface area contributed by atoms with Gasteiger partial charge in [-0.15, -0.1) is 0 Å². The first kappa shape index (κ1) is 18.0. The molecule has 1 aromatic carbocycles. The van der Waals surface area contributed by atoms with E-state index >= 15 is 0 Å². The Bertz CT molecular complexity index is 866. The topological polar surface area (TPSA) is 44.9 Å². The third-order valence-corrected chi connectivity index (χ3v) is 4.32. The van der Waals surface area contributed by atoms with Crippen LogP contribution >= 0.6 is 0 Å². The number of pyridine rings is 1. The number of hydrogen-bond donors (Lipinski definition) is 1. The van der Waals surface area contributed by atoms with Gasteiger partial charge >= 0.3 is 0 Å². The van der Waals surface area contributed by atoms with Gasteiger partial charge in [-0.3, -0.25) is 4.99 Å². The number of aliphatic imine (C=N–C) groups is 1. The molecule has 5 heteroatoms. The van der Waals surface area contributed by atoms with Gasteiger partial charge in [-0.25, -0.2) is 4.98 Å².